The van der Waals surface area contributed by atoms with E-state index in [-0.39, 0.29) is 16.7 Å². The number of nitro benzene ring substituents is 1. The van der Waals surface area contributed by atoms with Crippen LogP contribution in [0.4, 0.5) is 5.69 Å². The fourth-order valence-electron chi connectivity index (χ4n) is 2.92. The van der Waals surface area contributed by atoms with E-state index in [1.165, 1.54) is 0 Å². The van der Waals surface area contributed by atoms with Crippen LogP contribution in [0.3, 0.4) is 0 Å². The van der Waals surface area contributed by atoms with Gasteiger partial charge in [0.25, 0.3) is 5.69 Å². The third kappa shape index (κ3) is 3.55. The largest absolute Gasteiger partial charge is 0.378 e. The van der Waals surface area contributed by atoms with Crippen LogP contribution in [0.15, 0.2) is 24.3 Å². The van der Waals surface area contributed by atoms with Gasteiger partial charge in [-0.2, -0.15) is 0 Å². The summed E-state index contributed by atoms with van der Waals surface area (Å²) < 4.78 is 5.65. The second kappa shape index (κ2) is 6.81. The molecule has 1 aromatic rings. The topological polar surface area (TPSA) is 64.4 Å². The van der Waals surface area contributed by atoms with E-state index >= 15 is 0 Å². The normalized spacial score (nSPS) is 23.7. The molecule has 3 atom stereocenters. The van der Waals surface area contributed by atoms with Gasteiger partial charge >= 0.3 is 0 Å². The predicted octanol–water partition coefficient (Wildman–Crippen LogP) is 2.54. The molecule has 3 unspecified atom stereocenters. The zero-order valence-electron chi connectivity index (χ0n) is 12.0. The van der Waals surface area contributed by atoms with Gasteiger partial charge in [-0.25, -0.2) is 0 Å². The van der Waals surface area contributed by atoms with Crippen LogP contribution in [-0.2, 0) is 11.2 Å². The van der Waals surface area contributed by atoms with E-state index in [0.717, 1.165) is 31.6 Å². The van der Waals surface area contributed by atoms with Crippen molar-refractivity contribution in [3.63, 3.8) is 0 Å². The Hall–Kier alpha value is -1.46. The first kappa shape index (κ1) is 14.9. The molecule has 2 rings (SSSR count). The van der Waals surface area contributed by atoms with Gasteiger partial charge in [0.1, 0.15) is 0 Å². The smallest absolute Gasteiger partial charge is 0.269 e. The van der Waals surface area contributed by atoms with Gasteiger partial charge in [-0.15, -0.1) is 0 Å². The van der Waals surface area contributed by atoms with Crippen LogP contribution in [0.1, 0.15) is 25.8 Å². The SMILES string of the molecule is CCNC(Cc1ccc([N+](=O)[O-])cc1)C1CCOC1C. The quantitative estimate of drug-likeness (QED) is 0.641. The van der Waals surface area contributed by atoms with E-state index in [0.29, 0.717) is 12.0 Å². The minimum Gasteiger partial charge on any atom is -0.378 e. The molecule has 0 saturated carbocycles. The number of nitrogens with one attached hydrogen (secondary N) is 1. The summed E-state index contributed by atoms with van der Waals surface area (Å²) in [7, 11) is 0. The van der Waals surface area contributed by atoms with Crippen LogP contribution < -0.4 is 5.32 Å². The highest BCUT2D eigenvalue weighted by atomic mass is 16.6. The zero-order valence-corrected chi connectivity index (χ0v) is 12.0. The number of nitrogens with zero attached hydrogens (tertiary/aromatic N) is 1. The summed E-state index contributed by atoms with van der Waals surface area (Å²) in [6, 6.07) is 7.21. The molecule has 0 amide bonds. The summed E-state index contributed by atoms with van der Waals surface area (Å²) in [4.78, 5) is 10.3. The Bertz CT molecular complexity index is 447. The third-order valence-corrected chi connectivity index (χ3v) is 4.02. The zero-order chi connectivity index (χ0) is 14.5. The predicted molar refractivity (Wildman–Crippen MR) is 77.8 cm³/mol. The van der Waals surface area contributed by atoms with Crippen molar-refractivity contribution in [2.75, 3.05) is 13.2 Å². The molecule has 5 nitrogen and oxygen atoms in total. The lowest BCUT2D eigenvalue weighted by molar-refractivity contribution is -0.384. The summed E-state index contributed by atoms with van der Waals surface area (Å²) in [5, 5.41) is 14.2. The van der Waals surface area contributed by atoms with Crippen molar-refractivity contribution in [3.8, 4) is 0 Å². The molecule has 0 radical (unpaired) electrons. The molecule has 1 saturated heterocycles. The second-order valence-electron chi connectivity index (χ2n) is 5.32. The first-order valence-corrected chi connectivity index (χ1v) is 7.20. The summed E-state index contributed by atoms with van der Waals surface area (Å²) >= 11 is 0. The minimum absolute atomic E-state index is 0.145. The molecule has 0 spiro atoms. The molecule has 20 heavy (non-hydrogen) atoms. The van der Waals surface area contributed by atoms with E-state index < -0.39 is 0 Å². The van der Waals surface area contributed by atoms with Crippen LogP contribution in [0, 0.1) is 16.0 Å². The van der Waals surface area contributed by atoms with Gasteiger partial charge in [-0.1, -0.05) is 19.1 Å². The fraction of sp³-hybridized carbons (Fsp3) is 0.600. The van der Waals surface area contributed by atoms with Gasteiger partial charge in [-0.05, 0) is 31.9 Å². The highest BCUT2D eigenvalue weighted by Crippen LogP contribution is 2.26. The van der Waals surface area contributed by atoms with Crippen LogP contribution in [0.2, 0.25) is 0 Å². The average molecular weight is 278 g/mol. The fourth-order valence-corrected chi connectivity index (χ4v) is 2.92. The van der Waals surface area contributed by atoms with E-state index in [2.05, 4.69) is 19.2 Å². The molecule has 5 heteroatoms. The number of hydrogen-bond acceptors (Lipinski definition) is 4. The Morgan fingerprint density at radius 2 is 2.15 bits per heavy atom. The van der Waals surface area contributed by atoms with Gasteiger partial charge in [0.05, 0.1) is 11.0 Å². The molecule has 0 bridgehead atoms. The molecule has 1 aliphatic rings. The number of benzene rings is 1. The molecule has 1 heterocycles. The molecule has 1 fully saturated rings. The highest BCUT2D eigenvalue weighted by Gasteiger charge is 2.31. The first-order chi connectivity index (χ1) is 9.61. The van der Waals surface area contributed by atoms with E-state index in [9.17, 15) is 10.1 Å². The van der Waals surface area contributed by atoms with E-state index in [1.54, 1.807) is 12.1 Å². The standard InChI is InChI=1S/C15H22N2O3/c1-3-16-15(14-8-9-20-11(14)2)10-12-4-6-13(7-5-12)17(18)19/h4-7,11,14-16H,3,8-10H2,1-2H3. The van der Waals surface area contributed by atoms with Crippen molar-refractivity contribution in [1.29, 1.82) is 0 Å². The van der Waals surface area contributed by atoms with E-state index in [1.807, 2.05) is 12.1 Å². The van der Waals surface area contributed by atoms with Gasteiger partial charge in [-0.3, -0.25) is 10.1 Å². The third-order valence-electron chi connectivity index (χ3n) is 4.02. The number of hydrogen-bond donors (Lipinski definition) is 1. The molecular weight excluding hydrogens is 256 g/mol. The summed E-state index contributed by atoms with van der Waals surface area (Å²) in [6.07, 6.45) is 2.23. The van der Waals surface area contributed by atoms with Gasteiger partial charge in [0, 0.05) is 30.7 Å². The number of rotatable bonds is 6. The molecule has 0 aromatic heterocycles. The van der Waals surface area contributed by atoms with Crippen molar-refractivity contribution >= 4 is 5.69 Å². The van der Waals surface area contributed by atoms with Crippen molar-refractivity contribution in [3.05, 3.63) is 39.9 Å². The number of non-ortho nitro benzene ring substituents is 1. The molecule has 1 aromatic carbocycles. The summed E-state index contributed by atoms with van der Waals surface area (Å²) in [6.45, 7) is 5.97. The van der Waals surface area contributed by atoms with Gasteiger partial charge < -0.3 is 10.1 Å². The number of nitro groups is 1. The summed E-state index contributed by atoms with van der Waals surface area (Å²) in [5.74, 6) is 0.505. The highest BCUT2D eigenvalue weighted by molar-refractivity contribution is 5.33. The first-order valence-electron chi connectivity index (χ1n) is 7.20. The van der Waals surface area contributed by atoms with E-state index in [4.69, 9.17) is 4.74 Å². The Labute approximate surface area is 119 Å². The second-order valence-corrected chi connectivity index (χ2v) is 5.32. The van der Waals surface area contributed by atoms with Gasteiger partial charge in [0.2, 0.25) is 0 Å². The van der Waals surface area contributed by atoms with Crippen molar-refractivity contribution < 1.29 is 9.66 Å². The van der Waals surface area contributed by atoms with Crippen molar-refractivity contribution in [2.24, 2.45) is 5.92 Å². The Balaban J connectivity index is 2.05. The van der Waals surface area contributed by atoms with Crippen LogP contribution in [-0.4, -0.2) is 30.2 Å². The Morgan fingerprint density at radius 3 is 2.65 bits per heavy atom. The summed E-state index contributed by atoms with van der Waals surface area (Å²) in [5.41, 5.74) is 1.27. The Morgan fingerprint density at radius 1 is 1.45 bits per heavy atom. The molecule has 110 valence electrons. The monoisotopic (exact) mass is 278 g/mol. The van der Waals surface area contributed by atoms with Gasteiger partial charge in [0.15, 0.2) is 0 Å². The van der Waals surface area contributed by atoms with Crippen LogP contribution >= 0.6 is 0 Å². The van der Waals surface area contributed by atoms with Crippen LogP contribution in [0.5, 0.6) is 0 Å². The molecule has 1 aliphatic heterocycles. The average Bonchev–Trinajstić information content (AvgIpc) is 2.85. The Kier molecular flexibility index (Phi) is 5.09. The number of likely N-dealkylation sites (N-methyl/N-ethyl adjacent to an activating group) is 1. The lowest BCUT2D eigenvalue weighted by Crippen LogP contribution is -2.40. The molecule has 1 N–H and O–H groups in total. The lowest BCUT2D eigenvalue weighted by atomic mass is 9.89. The number of ether oxygens (including phenoxy) is 1. The maximum absolute atomic E-state index is 10.7. The maximum Gasteiger partial charge on any atom is 0.269 e. The van der Waals surface area contributed by atoms with Crippen LogP contribution in [0.25, 0.3) is 0 Å². The van der Waals surface area contributed by atoms with Crippen molar-refractivity contribution in [2.45, 2.75) is 38.8 Å². The molecule has 0 aliphatic carbocycles. The maximum atomic E-state index is 10.7. The molecular formula is C15H22N2O3. The lowest BCUT2D eigenvalue weighted by Gasteiger charge is -2.26. The van der Waals surface area contributed by atoms with Crippen molar-refractivity contribution in [1.82, 2.24) is 5.32 Å². The minimum atomic E-state index is -0.363.